The van der Waals surface area contributed by atoms with Crippen LogP contribution in [0.5, 0.6) is 11.5 Å². The van der Waals surface area contributed by atoms with Crippen molar-refractivity contribution in [2.24, 2.45) is 0 Å². The van der Waals surface area contributed by atoms with Gasteiger partial charge in [0, 0.05) is 18.2 Å². The number of rotatable bonds is 4. The fraction of sp³-hybridized carbons (Fsp3) is 0.529. The average Bonchev–Trinajstić information content (AvgIpc) is 3.10. The van der Waals surface area contributed by atoms with Gasteiger partial charge < -0.3 is 9.47 Å². The standard InChI is InChI=1S/C17H22N4O2/c1-2-7-20(15(5-1)11-21-13-18-12-19-21)10-14-4-3-6-16-17(14)23-9-8-22-16/h3-4,6,12-13,15H,1-2,5,7-11H2. The van der Waals surface area contributed by atoms with Crippen molar-refractivity contribution in [2.45, 2.75) is 38.4 Å². The Bertz CT molecular complexity index is 644. The predicted molar refractivity (Wildman–Crippen MR) is 85.5 cm³/mol. The van der Waals surface area contributed by atoms with Gasteiger partial charge in [0.25, 0.3) is 0 Å². The third-order valence-corrected chi connectivity index (χ3v) is 4.63. The Morgan fingerprint density at radius 1 is 1.17 bits per heavy atom. The molecular weight excluding hydrogens is 292 g/mol. The van der Waals surface area contributed by atoms with Crippen LogP contribution in [0.25, 0.3) is 0 Å². The summed E-state index contributed by atoms with van der Waals surface area (Å²) in [6.07, 6.45) is 7.13. The van der Waals surface area contributed by atoms with E-state index in [0.717, 1.165) is 31.1 Å². The molecule has 23 heavy (non-hydrogen) atoms. The molecule has 1 fully saturated rings. The van der Waals surface area contributed by atoms with E-state index in [1.807, 2.05) is 10.7 Å². The number of nitrogens with zero attached hydrogens (tertiary/aromatic N) is 4. The van der Waals surface area contributed by atoms with E-state index in [1.165, 1.54) is 24.8 Å². The smallest absolute Gasteiger partial charge is 0.165 e. The molecule has 1 atom stereocenters. The molecule has 0 radical (unpaired) electrons. The van der Waals surface area contributed by atoms with Crippen LogP contribution in [0, 0.1) is 0 Å². The second-order valence-corrected chi connectivity index (χ2v) is 6.18. The molecule has 1 aromatic carbocycles. The Morgan fingerprint density at radius 3 is 3.04 bits per heavy atom. The molecule has 2 aromatic rings. The number of para-hydroxylation sites is 1. The zero-order valence-electron chi connectivity index (χ0n) is 13.2. The van der Waals surface area contributed by atoms with E-state index < -0.39 is 0 Å². The summed E-state index contributed by atoms with van der Waals surface area (Å²) < 4.78 is 13.5. The summed E-state index contributed by atoms with van der Waals surface area (Å²) in [6, 6.07) is 6.68. The van der Waals surface area contributed by atoms with Crippen LogP contribution in [-0.2, 0) is 13.1 Å². The summed E-state index contributed by atoms with van der Waals surface area (Å²) in [4.78, 5) is 6.59. The molecule has 2 aliphatic rings. The Morgan fingerprint density at radius 2 is 2.13 bits per heavy atom. The van der Waals surface area contributed by atoms with Crippen LogP contribution in [0.4, 0.5) is 0 Å². The van der Waals surface area contributed by atoms with Crippen molar-refractivity contribution >= 4 is 0 Å². The highest BCUT2D eigenvalue weighted by molar-refractivity contribution is 5.47. The lowest BCUT2D eigenvalue weighted by atomic mass is 10.0. The van der Waals surface area contributed by atoms with E-state index in [2.05, 4.69) is 27.1 Å². The van der Waals surface area contributed by atoms with Crippen molar-refractivity contribution in [3.05, 3.63) is 36.4 Å². The zero-order valence-corrected chi connectivity index (χ0v) is 13.2. The van der Waals surface area contributed by atoms with Crippen LogP contribution in [0.3, 0.4) is 0 Å². The molecule has 2 aliphatic heterocycles. The van der Waals surface area contributed by atoms with E-state index in [9.17, 15) is 0 Å². The van der Waals surface area contributed by atoms with Gasteiger partial charge in [-0.1, -0.05) is 18.6 Å². The lowest BCUT2D eigenvalue weighted by Crippen LogP contribution is -2.41. The first-order valence-electron chi connectivity index (χ1n) is 8.34. The molecule has 0 amide bonds. The van der Waals surface area contributed by atoms with E-state index in [1.54, 1.807) is 12.7 Å². The van der Waals surface area contributed by atoms with Crippen molar-refractivity contribution in [3.63, 3.8) is 0 Å². The topological polar surface area (TPSA) is 52.4 Å². The number of likely N-dealkylation sites (tertiary alicyclic amines) is 1. The van der Waals surface area contributed by atoms with Gasteiger partial charge in [0.15, 0.2) is 11.5 Å². The SMILES string of the molecule is c1cc(CN2CCCCC2Cn2cncn2)c2c(c1)OCCO2. The summed E-state index contributed by atoms with van der Waals surface area (Å²) in [6.45, 7) is 4.17. The fourth-order valence-corrected chi connectivity index (χ4v) is 3.50. The van der Waals surface area contributed by atoms with Gasteiger partial charge in [0.05, 0.1) is 6.54 Å². The first-order chi connectivity index (χ1) is 11.4. The lowest BCUT2D eigenvalue weighted by Gasteiger charge is -2.36. The minimum Gasteiger partial charge on any atom is -0.486 e. The third kappa shape index (κ3) is 3.17. The summed E-state index contributed by atoms with van der Waals surface area (Å²) in [5.41, 5.74) is 1.22. The molecule has 0 N–H and O–H groups in total. The highest BCUT2D eigenvalue weighted by atomic mass is 16.6. The Balaban J connectivity index is 1.52. The molecule has 1 aromatic heterocycles. The molecule has 6 nitrogen and oxygen atoms in total. The monoisotopic (exact) mass is 314 g/mol. The summed E-state index contributed by atoms with van der Waals surface area (Å²) >= 11 is 0. The molecule has 0 saturated carbocycles. The first-order valence-corrected chi connectivity index (χ1v) is 8.34. The van der Waals surface area contributed by atoms with Crippen LogP contribution >= 0.6 is 0 Å². The summed E-state index contributed by atoms with van der Waals surface area (Å²) in [7, 11) is 0. The van der Waals surface area contributed by atoms with Gasteiger partial charge in [-0.3, -0.25) is 9.58 Å². The van der Waals surface area contributed by atoms with Crippen molar-refractivity contribution in [3.8, 4) is 11.5 Å². The van der Waals surface area contributed by atoms with Gasteiger partial charge in [0.2, 0.25) is 0 Å². The molecule has 0 aliphatic carbocycles. The highest BCUT2D eigenvalue weighted by Gasteiger charge is 2.25. The highest BCUT2D eigenvalue weighted by Crippen LogP contribution is 2.35. The number of aromatic nitrogens is 3. The van der Waals surface area contributed by atoms with Crippen molar-refractivity contribution in [1.82, 2.24) is 19.7 Å². The number of benzene rings is 1. The molecular formula is C17H22N4O2. The van der Waals surface area contributed by atoms with Crippen LogP contribution in [0.1, 0.15) is 24.8 Å². The summed E-state index contributed by atoms with van der Waals surface area (Å²) in [5.74, 6) is 1.79. The Labute approximate surface area is 136 Å². The van der Waals surface area contributed by atoms with Crippen LogP contribution in [0.15, 0.2) is 30.9 Å². The number of fused-ring (bicyclic) bond motifs is 1. The minimum absolute atomic E-state index is 0.491. The molecule has 4 rings (SSSR count). The van der Waals surface area contributed by atoms with Crippen molar-refractivity contribution in [2.75, 3.05) is 19.8 Å². The normalized spacial score (nSPS) is 21.3. The van der Waals surface area contributed by atoms with Crippen LogP contribution in [-0.4, -0.2) is 45.5 Å². The number of ether oxygens (including phenoxy) is 2. The Kier molecular flexibility index (Phi) is 4.15. The van der Waals surface area contributed by atoms with E-state index in [-0.39, 0.29) is 0 Å². The summed E-state index contributed by atoms with van der Waals surface area (Å²) in [5, 5.41) is 4.26. The maximum absolute atomic E-state index is 5.86. The number of piperidine rings is 1. The molecule has 3 heterocycles. The first kappa shape index (κ1) is 14.5. The van der Waals surface area contributed by atoms with E-state index in [4.69, 9.17) is 9.47 Å². The van der Waals surface area contributed by atoms with E-state index >= 15 is 0 Å². The third-order valence-electron chi connectivity index (χ3n) is 4.63. The Hall–Kier alpha value is -2.08. The van der Waals surface area contributed by atoms with Crippen LogP contribution < -0.4 is 9.47 Å². The zero-order chi connectivity index (χ0) is 15.5. The fourth-order valence-electron chi connectivity index (χ4n) is 3.50. The number of hydrogen-bond acceptors (Lipinski definition) is 5. The largest absolute Gasteiger partial charge is 0.486 e. The van der Waals surface area contributed by atoms with Gasteiger partial charge >= 0.3 is 0 Å². The average molecular weight is 314 g/mol. The maximum Gasteiger partial charge on any atom is 0.165 e. The molecule has 0 spiro atoms. The van der Waals surface area contributed by atoms with Crippen LogP contribution in [0.2, 0.25) is 0 Å². The van der Waals surface area contributed by atoms with Crippen molar-refractivity contribution in [1.29, 1.82) is 0 Å². The predicted octanol–water partition coefficient (Wildman–Crippen LogP) is 2.10. The second-order valence-electron chi connectivity index (χ2n) is 6.18. The molecule has 122 valence electrons. The van der Waals surface area contributed by atoms with E-state index in [0.29, 0.717) is 19.3 Å². The van der Waals surface area contributed by atoms with Gasteiger partial charge in [-0.25, -0.2) is 4.98 Å². The second kappa shape index (κ2) is 6.58. The molecule has 6 heteroatoms. The minimum atomic E-state index is 0.491. The van der Waals surface area contributed by atoms with Crippen molar-refractivity contribution < 1.29 is 9.47 Å². The van der Waals surface area contributed by atoms with Gasteiger partial charge in [0.1, 0.15) is 25.9 Å². The molecule has 0 bridgehead atoms. The number of hydrogen-bond donors (Lipinski definition) is 0. The molecule has 1 saturated heterocycles. The lowest BCUT2D eigenvalue weighted by molar-refractivity contribution is 0.117. The molecule has 1 unspecified atom stereocenters. The maximum atomic E-state index is 5.86. The van der Waals surface area contributed by atoms with Gasteiger partial charge in [-0.15, -0.1) is 0 Å². The van der Waals surface area contributed by atoms with Gasteiger partial charge in [-0.05, 0) is 25.5 Å². The van der Waals surface area contributed by atoms with Gasteiger partial charge in [-0.2, -0.15) is 5.10 Å². The quantitative estimate of drug-likeness (QED) is 0.865.